The van der Waals surface area contributed by atoms with Crippen LogP contribution in [-0.2, 0) is 0 Å². The number of ether oxygens (including phenoxy) is 1. The molecule has 0 aliphatic heterocycles. The normalized spacial score (nSPS) is 10.7. The topological polar surface area (TPSA) is 21.3 Å². The van der Waals surface area contributed by atoms with E-state index in [0.717, 1.165) is 18.2 Å². The third-order valence-electron chi connectivity index (χ3n) is 2.66. The zero-order chi connectivity index (χ0) is 14.7. The van der Waals surface area contributed by atoms with E-state index in [-0.39, 0.29) is 11.3 Å². The summed E-state index contributed by atoms with van der Waals surface area (Å²) in [4.78, 5) is 0. The minimum absolute atomic E-state index is 0.199. The highest BCUT2D eigenvalue weighted by Gasteiger charge is 2.17. The first-order valence-electron chi connectivity index (χ1n) is 5.74. The average molecular weight is 346 g/mol. The van der Waals surface area contributed by atoms with Gasteiger partial charge in [0.05, 0.1) is 11.3 Å². The van der Waals surface area contributed by atoms with Crippen LogP contribution in [0.25, 0.3) is 0 Å². The van der Waals surface area contributed by atoms with Crippen molar-refractivity contribution in [1.29, 1.82) is 0 Å². The highest BCUT2D eigenvalue weighted by molar-refractivity contribution is 9.10. The Labute approximate surface area is 122 Å². The van der Waals surface area contributed by atoms with Crippen molar-refractivity contribution >= 4 is 21.6 Å². The molecule has 1 N–H and O–H groups in total. The van der Waals surface area contributed by atoms with Crippen LogP contribution in [-0.4, -0.2) is 7.05 Å². The van der Waals surface area contributed by atoms with E-state index >= 15 is 0 Å². The Bertz CT molecular complexity index is 619. The van der Waals surface area contributed by atoms with Gasteiger partial charge in [-0.25, -0.2) is 13.2 Å². The van der Waals surface area contributed by atoms with Gasteiger partial charge in [-0.05, 0) is 40.2 Å². The molecule has 20 heavy (non-hydrogen) atoms. The van der Waals surface area contributed by atoms with Crippen molar-refractivity contribution in [1.82, 2.24) is 0 Å². The molecule has 0 fully saturated rings. The number of rotatable bonds is 4. The van der Waals surface area contributed by atoms with Crippen molar-refractivity contribution in [3.05, 3.63) is 52.3 Å². The number of anilines is 1. The molecule has 0 aromatic heterocycles. The minimum Gasteiger partial charge on any atom is -0.455 e. The minimum atomic E-state index is -2.74. The second-order valence-electron chi connectivity index (χ2n) is 3.95. The fourth-order valence-electron chi connectivity index (χ4n) is 1.73. The first-order chi connectivity index (χ1) is 9.52. The average Bonchev–Trinajstić information content (AvgIpc) is 2.38. The second-order valence-corrected chi connectivity index (χ2v) is 4.80. The lowest BCUT2D eigenvalue weighted by Gasteiger charge is -2.15. The van der Waals surface area contributed by atoms with E-state index < -0.39 is 12.2 Å². The van der Waals surface area contributed by atoms with Crippen molar-refractivity contribution in [2.45, 2.75) is 6.43 Å². The maximum absolute atomic E-state index is 13.2. The molecule has 0 bridgehead atoms. The van der Waals surface area contributed by atoms with Crippen LogP contribution in [0.2, 0.25) is 0 Å². The van der Waals surface area contributed by atoms with Gasteiger partial charge in [0.25, 0.3) is 6.43 Å². The predicted molar refractivity (Wildman–Crippen MR) is 75.1 cm³/mol. The van der Waals surface area contributed by atoms with Gasteiger partial charge < -0.3 is 10.1 Å². The lowest BCUT2D eigenvalue weighted by Crippen LogP contribution is -1.97. The monoisotopic (exact) mass is 345 g/mol. The van der Waals surface area contributed by atoms with E-state index in [9.17, 15) is 13.2 Å². The molecule has 106 valence electrons. The van der Waals surface area contributed by atoms with Crippen molar-refractivity contribution in [3.63, 3.8) is 0 Å². The van der Waals surface area contributed by atoms with Gasteiger partial charge >= 0.3 is 0 Å². The number of alkyl halides is 2. The van der Waals surface area contributed by atoms with Crippen LogP contribution < -0.4 is 10.1 Å². The molecule has 0 aliphatic carbocycles. The Morgan fingerprint density at radius 1 is 1.15 bits per heavy atom. The highest BCUT2D eigenvalue weighted by Crippen LogP contribution is 2.38. The summed E-state index contributed by atoms with van der Waals surface area (Å²) in [6.45, 7) is 0. The molecule has 2 aromatic carbocycles. The van der Waals surface area contributed by atoms with E-state index in [1.165, 1.54) is 0 Å². The molecule has 0 atom stereocenters. The Balaban J connectivity index is 2.44. The van der Waals surface area contributed by atoms with Gasteiger partial charge in [0.1, 0.15) is 11.6 Å². The standard InChI is InChI=1S/C14H11BrF3NO/c1-19-13-10(15)3-2-4-11(13)20-12-7-8(16)5-6-9(12)14(17)18/h2-7,14,19H,1H3. The van der Waals surface area contributed by atoms with E-state index in [1.54, 1.807) is 25.2 Å². The lowest BCUT2D eigenvalue weighted by atomic mass is 10.2. The zero-order valence-electron chi connectivity index (χ0n) is 10.5. The number of para-hydroxylation sites is 1. The molecule has 6 heteroatoms. The van der Waals surface area contributed by atoms with Crippen LogP contribution in [0, 0.1) is 5.82 Å². The Morgan fingerprint density at radius 3 is 2.55 bits per heavy atom. The van der Waals surface area contributed by atoms with Gasteiger partial charge in [0, 0.05) is 17.6 Å². The third kappa shape index (κ3) is 3.07. The van der Waals surface area contributed by atoms with Crippen molar-refractivity contribution in [3.8, 4) is 11.5 Å². The SMILES string of the molecule is CNc1c(Br)cccc1Oc1cc(F)ccc1C(F)F. The maximum atomic E-state index is 13.2. The molecule has 0 radical (unpaired) electrons. The van der Waals surface area contributed by atoms with Gasteiger partial charge in [0.2, 0.25) is 0 Å². The lowest BCUT2D eigenvalue weighted by molar-refractivity contribution is 0.148. The summed E-state index contributed by atoms with van der Waals surface area (Å²) in [7, 11) is 1.67. The van der Waals surface area contributed by atoms with Crippen LogP contribution in [0.3, 0.4) is 0 Å². The largest absolute Gasteiger partial charge is 0.455 e. The summed E-state index contributed by atoms with van der Waals surface area (Å²) in [5, 5.41) is 2.89. The van der Waals surface area contributed by atoms with Crippen molar-refractivity contribution in [2.24, 2.45) is 0 Å². The molecule has 0 aliphatic rings. The van der Waals surface area contributed by atoms with E-state index in [1.807, 2.05) is 0 Å². The highest BCUT2D eigenvalue weighted by atomic mass is 79.9. The second kappa shape index (κ2) is 6.17. The van der Waals surface area contributed by atoms with Crippen LogP contribution >= 0.6 is 15.9 Å². The molecular formula is C14H11BrF3NO. The molecule has 0 saturated carbocycles. The molecule has 0 unspecified atom stereocenters. The summed E-state index contributed by atoms with van der Waals surface area (Å²) in [5.74, 6) is -0.505. The molecule has 0 heterocycles. The molecule has 2 rings (SSSR count). The number of benzene rings is 2. The van der Waals surface area contributed by atoms with Crippen LogP contribution in [0.4, 0.5) is 18.9 Å². The summed E-state index contributed by atoms with van der Waals surface area (Å²) >= 11 is 3.32. The predicted octanol–water partition coefficient (Wildman–Crippen LogP) is 5.36. The molecule has 0 saturated heterocycles. The van der Waals surface area contributed by atoms with Crippen LogP contribution in [0.5, 0.6) is 11.5 Å². The van der Waals surface area contributed by atoms with E-state index in [2.05, 4.69) is 21.2 Å². The summed E-state index contributed by atoms with van der Waals surface area (Å²) in [6.07, 6.45) is -2.74. The Morgan fingerprint density at radius 2 is 1.90 bits per heavy atom. The Kier molecular flexibility index (Phi) is 4.54. The molecule has 0 amide bonds. The first-order valence-corrected chi connectivity index (χ1v) is 6.54. The molecule has 2 aromatic rings. The van der Waals surface area contributed by atoms with E-state index in [4.69, 9.17) is 4.74 Å². The molecule has 2 nitrogen and oxygen atoms in total. The maximum Gasteiger partial charge on any atom is 0.267 e. The zero-order valence-corrected chi connectivity index (χ0v) is 12.0. The fourth-order valence-corrected chi connectivity index (χ4v) is 2.27. The summed E-state index contributed by atoms with van der Waals surface area (Å²) < 4.78 is 45.2. The smallest absolute Gasteiger partial charge is 0.267 e. The number of halogens is 4. The quantitative estimate of drug-likeness (QED) is 0.805. The number of hydrogen-bond donors (Lipinski definition) is 1. The van der Waals surface area contributed by atoms with Crippen molar-refractivity contribution < 1.29 is 17.9 Å². The van der Waals surface area contributed by atoms with Gasteiger partial charge in [-0.15, -0.1) is 0 Å². The fraction of sp³-hybridized carbons (Fsp3) is 0.143. The van der Waals surface area contributed by atoms with Crippen LogP contribution in [0.1, 0.15) is 12.0 Å². The van der Waals surface area contributed by atoms with Crippen molar-refractivity contribution in [2.75, 3.05) is 12.4 Å². The van der Waals surface area contributed by atoms with Gasteiger partial charge in [-0.1, -0.05) is 6.07 Å². The van der Waals surface area contributed by atoms with E-state index in [0.29, 0.717) is 15.9 Å². The number of nitrogens with one attached hydrogen (secondary N) is 1. The molecule has 0 spiro atoms. The van der Waals surface area contributed by atoms with Gasteiger partial charge in [-0.2, -0.15) is 0 Å². The third-order valence-corrected chi connectivity index (χ3v) is 3.32. The number of hydrogen-bond acceptors (Lipinski definition) is 2. The van der Waals surface area contributed by atoms with Gasteiger partial charge in [0.15, 0.2) is 5.75 Å². The molecular weight excluding hydrogens is 335 g/mol. The summed E-state index contributed by atoms with van der Waals surface area (Å²) in [6, 6.07) is 8.03. The Hall–Kier alpha value is -1.69. The first kappa shape index (κ1) is 14.7. The van der Waals surface area contributed by atoms with Gasteiger partial charge in [-0.3, -0.25) is 0 Å². The summed E-state index contributed by atoms with van der Waals surface area (Å²) in [5.41, 5.74) is 0.241. The van der Waals surface area contributed by atoms with Crippen LogP contribution in [0.15, 0.2) is 40.9 Å².